The molecule has 0 bridgehead atoms. The van der Waals surface area contributed by atoms with Crippen LogP contribution in [0.5, 0.6) is 0 Å². The Balaban J connectivity index is 1.67. The minimum atomic E-state index is -0.358. The Kier molecular flexibility index (Phi) is 5.97. The molecule has 1 amide bonds. The van der Waals surface area contributed by atoms with Gasteiger partial charge < -0.3 is 5.32 Å². The number of hydrogen-bond acceptors (Lipinski definition) is 2. The molecule has 0 aliphatic rings. The van der Waals surface area contributed by atoms with Crippen LogP contribution in [0.15, 0.2) is 66.9 Å². The fraction of sp³-hybridized carbons (Fsp3) is 0.143. The summed E-state index contributed by atoms with van der Waals surface area (Å²) >= 11 is 5.91. The van der Waals surface area contributed by atoms with Gasteiger partial charge in [-0.2, -0.15) is 0 Å². The minimum Gasteiger partial charge on any atom is -0.326 e. The van der Waals surface area contributed by atoms with Crippen molar-refractivity contribution < 1.29 is 9.18 Å². The van der Waals surface area contributed by atoms with Crippen molar-refractivity contribution in [3.8, 4) is 11.1 Å². The van der Waals surface area contributed by atoms with Gasteiger partial charge in [-0.1, -0.05) is 29.8 Å². The Hall–Kier alpha value is -2.72. The molecule has 3 nitrogen and oxygen atoms in total. The third kappa shape index (κ3) is 4.90. The van der Waals surface area contributed by atoms with Crippen LogP contribution < -0.4 is 5.32 Å². The maximum Gasteiger partial charge on any atom is 0.224 e. The van der Waals surface area contributed by atoms with Crippen LogP contribution in [0.1, 0.15) is 18.5 Å². The van der Waals surface area contributed by atoms with E-state index in [1.165, 1.54) is 12.1 Å². The van der Waals surface area contributed by atoms with Gasteiger partial charge in [0.15, 0.2) is 0 Å². The molecule has 0 spiro atoms. The Morgan fingerprint density at radius 1 is 1.08 bits per heavy atom. The first-order valence-corrected chi connectivity index (χ1v) is 8.75. The number of aryl methyl sites for hydroxylation is 1. The van der Waals surface area contributed by atoms with E-state index in [2.05, 4.69) is 10.3 Å². The number of carbonyl (C=O) groups excluding carboxylic acids is 1. The molecular formula is C21H18ClFN2O. The standard InChI is InChI=1S/C21H18ClFN2O/c22-16-9-7-15(8-10-16)19-14-17(23)11-12-20(19)25-21(26)6-3-5-18-4-1-2-13-24-18/h1-2,4,7-14H,3,5-6H2,(H,25,26). The maximum absolute atomic E-state index is 13.7. The molecule has 3 aromatic rings. The summed E-state index contributed by atoms with van der Waals surface area (Å²) in [5, 5.41) is 3.48. The van der Waals surface area contributed by atoms with Gasteiger partial charge in [-0.25, -0.2) is 4.39 Å². The molecule has 132 valence electrons. The first-order valence-electron chi connectivity index (χ1n) is 8.37. The fourth-order valence-electron chi connectivity index (χ4n) is 2.68. The summed E-state index contributed by atoms with van der Waals surface area (Å²) in [6, 6.07) is 17.1. The average Bonchev–Trinajstić information content (AvgIpc) is 2.65. The van der Waals surface area contributed by atoms with Crippen molar-refractivity contribution in [3.05, 3.63) is 83.4 Å². The highest BCUT2D eigenvalue weighted by molar-refractivity contribution is 6.30. The molecule has 2 aromatic carbocycles. The maximum atomic E-state index is 13.7. The van der Waals surface area contributed by atoms with E-state index in [4.69, 9.17) is 11.6 Å². The van der Waals surface area contributed by atoms with Crippen LogP contribution in [0.2, 0.25) is 5.02 Å². The Labute approximate surface area is 156 Å². The molecule has 26 heavy (non-hydrogen) atoms. The van der Waals surface area contributed by atoms with Gasteiger partial charge in [-0.15, -0.1) is 0 Å². The van der Waals surface area contributed by atoms with Crippen LogP contribution in [0.3, 0.4) is 0 Å². The van der Waals surface area contributed by atoms with Crippen molar-refractivity contribution in [1.82, 2.24) is 4.98 Å². The van der Waals surface area contributed by atoms with Gasteiger partial charge in [0.2, 0.25) is 5.91 Å². The number of hydrogen-bond donors (Lipinski definition) is 1. The first kappa shape index (κ1) is 18.1. The van der Waals surface area contributed by atoms with Crippen molar-refractivity contribution in [3.63, 3.8) is 0 Å². The molecule has 5 heteroatoms. The van der Waals surface area contributed by atoms with E-state index in [0.29, 0.717) is 29.1 Å². The smallest absolute Gasteiger partial charge is 0.224 e. The second-order valence-corrected chi connectivity index (χ2v) is 6.36. The quantitative estimate of drug-likeness (QED) is 0.624. The summed E-state index contributed by atoms with van der Waals surface area (Å²) in [5.74, 6) is -0.467. The summed E-state index contributed by atoms with van der Waals surface area (Å²) in [6.07, 6.45) is 3.54. The molecule has 1 N–H and O–H groups in total. The molecule has 0 fully saturated rings. The van der Waals surface area contributed by atoms with E-state index in [1.807, 2.05) is 18.2 Å². The largest absolute Gasteiger partial charge is 0.326 e. The van der Waals surface area contributed by atoms with Gasteiger partial charge in [0.05, 0.1) is 0 Å². The van der Waals surface area contributed by atoms with Gasteiger partial charge >= 0.3 is 0 Å². The van der Waals surface area contributed by atoms with Gasteiger partial charge in [0.1, 0.15) is 5.82 Å². The van der Waals surface area contributed by atoms with Crippen molar-refractivity contribution in [2.75, 3.05) is 5.32 Å². The predicted octanol–water partition coefficient (Wildman–Crippen LogP) is 5.50. The second-order valence-electron chi connectivity index (χ2n) is 5.92. The van der Waals surface area contributed by atoms with Gasteiger partial charge in [0, 0.05) is 34.6 Å². The first-order chi connectivity index (χ1) is 12.6. The number of amides is 1. The van der Waals surface area contributed by atoms with E-state index in [0.717, 1.165) is 17.7 Å². The highest BCUT2D eigenvalue weighted by Gasteiger charge is 2.10. The van der Waals surface area contributed by atoms with Gasteiger partial charge in [0.25, 0.3) is 0 Å². The molecular weight excluding hydrogens is 351 g/mol. The number of benzene rings is 2. The zero-order valence-corrected chi connectivity index (χ0v) is 14.8. The topological polar surface area (TPSA) is 42.0 Å². The number of nitrogens with zero attached hydrogens (tertiary/aromatic N) is 1. The van der Waals surface area contributed by atoms with Crippen molar-refractivity contribution in [2.24, 2.45) is 0 Å². The molecule has 0 atom stereocenters. The lowest BCUT2D eigenvalue weighted by molar-refractivity contribution is -0.116. The third-order valence-corrected chi connectivity index (χ3v) is 4.23. The van der Waals surface area contributed by atoms with Gasteiger partial charge in [-0.3, -0.25) is 9.78 Å². The van der Waals surface area contributed by atoms with Crippen LogP contribution in [0, 0.1) is 5.82 Å². The lowest BCUT2D eigenvalue weighted by Crippen LogP contribution is -2.12. The summed E-state index contributed by atoms with van der Waals surface area (Å²) in [7, 11) is 0. The highest BCUT2D eigenvalue weighted by atomic mass is 35.5. The molecule has 0 unspecified atom stereocenters. The molecule has 0 aliphatic heterocycles. The monoisotopic (exact) mass is 368 g/mol. The van der Waals surface area contributed by atoms with Crippen LogP contribution in [0.4, 0.5) is 10.1 Å². The summed E-state index contributed by atoms with van der Waals surface area (Å²) < 4.78 is 13.7. The number of aromatic nitrogens is 1. The number of anilines is 1. The number of nitrogens with one attached hydrogen (secondary N) is 1. The molecule has 1 heterocycles. The van der Waals surface area contributed by atoms with Crippen LogP contribution in [0.25, 0.3) is 11.1 Å². The number of halogens is 2. The van der Waals surface area contributed by atoms with E-state index >= 15 is 0 Å². The second kappa shape index (κ2) is 8.59. The van der Waals surface area contributed by atoms with E-state index in [-0.39, 0.29) is 11.7 Å². The fourth-order valence-corrected chi connectivity index (χ4v) is 2.81. The number of rotatable bonds is 6. The summed E-state index contributed by atoms with van der Waals surface area (Å²) in [6.45, 7) is 0. The SMILES string of the molecule is O=C(CCCc1ccccn1)Nc1ccc(F)cc1-c1ccc(Cl)cc1. The Bertz CT molecular complexity index is 882. The molecule has 1 aromatic heterocycles. The number of pyridine rings is 1. The van der Waals surface area contributed by atoms with Crippen LogP contribution >= 0.6 is 11.6 Å². The molecule has 0 radical (unpaired) electrons. The molecule has 3 rings (SSSR count). The molecule has 0 saturated carbocycles. The highest BCUT2D eigenvalue weighted by Crippen LogP contribution is 2.30. The predicted molar refractivity (Wildman–Crippen MR) is 103 cm³/mol. The Morgan fingerprint density at radius 3 is 2.62 bits per heavy atom. The van der Waals surface area contributed by atoms with E-state index in [9.17, 15) is 9.18 Å². The van der Waals surface area contributed by atoms with Gasteiger partial charge in [-0.05, 0) is 60.9 Å². The van der Waals surface area contributed by atoms with Crippen molar-refractivity contribution >= 4 is 23.2 Å². The average molecular weight is 369 g/mol. The summed E-state index contributed by atoms with van der Waals surface area (Å²) in [4.78, 5) is 16.5. The number of carbonyl (C=O) groups is 1. The van der Waals surface area contributed by atoms with Crippen LogP contribution in [-0.2, 0) is 11.2 Å². The zero-order valence-electron chi connectivity index (χ0n) is 14.1. The molecule has 0 saturated heterocycles. The van der Waals surface area contributed by atoms with E-state index in [1.54, 1.807) is 36.5 Å². The Morgan fingerprint density at radius 2 is 1.88 bits per heavy atom. The normalized spacial score (nSPS) is 10.5. The third-order valence-electron chi connectivity index (χ3n) is 3.97. The molecule has 0 aliphatic carbocycles. The zero-order chi connectivity index (χ0) is 18.4. The van der Waals surface area contributed by atoms with Crippen molar-refractivity contribution in [2.45, 2.75) is 19.3 Å². The van der Waals surface area contributed by atoms with E-state index < -0.39 is 0 Å². The lowest BCUT2D eigenvalue weighted by Gasteiger charge is -2.12. The summed E-state index contributed by atoms with van der Waals surface area (Å²) in [5.41, 5.74) is 2.96. The van der Waals surface area contributed by atoms with Crippen molar-refractivity contribution in [1.29, 1.82) is 0 Å². The minimum absolute atomic E-state index is 0.109. The van der Waals surface area contributed by atoms with Crippen LogP contribution in [-0.4, -0.2) is 10.9 Å². The lowest BCUT2D eigenvalue weighted by atomic mass is 10.0.